The molecule has 0 aromatic heterocycles. The van der Waals surface area contributed by atoms with Gasteiger partial charge in [0.1, 0.15) is 0 Å². The van der Waals surface area contributed by atoms with Crippen molar-refractivity contribution in [1.82, 2.24) is 5.32 Å². The van der Waals surface area contributed by atoms with Crippen molar-refractivity contribution in [3.63, 3.8) is 0 Å². The van der Waals surface area contributed by atoms with Gasteiger partial charge in [0.05, 0.1) is 6.54 Å². The maximum atomic E-state index is 12.2. The molecule has 1 aliphatic heterocycles. The summed E-state index contributed by atoms with van der Waals surface area (Å²) >= 11 is 0. The van der Waals surface area contributed by atoms with E-state index >= 15 is 0 Å². The normalized spacial score (nSPS) is 30.9. The third kappa shape index (κ3) is 2.02. The molecule has 10 heavy (non-hydrogen) atoms. The Hall–Kier alpha value is 0.0400. The lowest BCUT2D eigenvalue weighted by molar-refractivity contribution is -0.0855. The van der Waals surface area contributed by atoms with E-state index < -0.39 is 18.6 Å². The SMILES string of the molecule is Cl.FC1CCNCC1(F)F. The van der Waals surface area contributed by atoms with Gasteiger partial charge in [-0.2, -0.15) is 0 Å². The summed E-state index contributed by atoms with van der Waals surface area (Å²) in [5.41, 5.74) is 0. The minimum Gasteiger partial charge on any atom is -0.311 e. The summed E-state index contributed by atoms with van der Waals surface area (Å²) in [6.45, 7) is -0.162. The summed E-state index contributed by atoms with van der Waals surface area (Å²) in [6.07, 6.45) is -2.02. The fourth-order valence-electron chi connectivity index (χ4n) is 0.806. The Balaban J connectivity index is 0.000000810. The Morgan fingerprint density at radius 1 is 1.40 bits per heavy atom. The third-order valence-corrected chi connectivity index (χ3v) is 1.39. The summed E-state index contributed by atoms with van der Waals surface area (Å²) < 4.78 is 36.5. The lowest BCUT2D eigenvalue weighted by atomic mass is 10.1. The lowest BCUT2D eigenvalue weighted by Crippen LogP contribution is -2.47. The molecule has 0 radical (unpaired) electrons. The second-order valence-electron chi connectivity index (χ2n) is 2.19. The average Bonchev–Trinajstić information content (AvgIpc) is 1.77. The number of nitrogens with one attached hydrogen (secondary N) is 1. The molecule has 1 aliphatic rings. The van der Waals surface area contributed by atoms with Gasteiger partial charge in [-0.1, -0.05) is 0 Å². The van der Waals surface area contributed by atoms with Crippen LogP contribution in [-0.2, 0) is 0 Å². The van der Waals surface area contributed by atoms with Gasteiger partial charge in [0.2, 0.25) is 0 Å². The largest absolute Gasteiger partial charge is 0.311 e. The van der Waals surface area contributed by atoms with E-state index in [0.29, 0.717) is 6.54 Å². The number of alkyl halides is 3. The van der Waals surface area contributed by atoms with E-state index in [0.717, 1.165) is 0 Å². The molecule has 0 spiro atoms. The first-order valence-corrected chi connectivity index (χ1v) is 2.85. The summed E-state index contributed by atoms with van der Waals surface area (Å²) in [4.78, 5) is 0. The highest BCUT2D eigenvalue weighted by Crippen LogP contribution is 2.25. The van der Waals surface area contributed by atoms with Crippen molar-refractivity contribution in [3.8, 4) is 0 Å². The van der Waals surface area contributed by atoms with Crippen molar-refractivity contribution >= 4 is 12.4 Å². The molecule has 0 aromatic rings. The van der Waals surface area contributed by atoms with Gasteiger partial charge in [0.15, 0.2) is 6.17 Å². The fraction of sp³-hybridized carbons (Fsp3) is 1.00. The summed E-state index contributed by atoms with van der Waals surface area (Å²) in [5.74, 6) is -3.14. The maximum absolute atomic E-state index is 12.2. The number of hydrogen-bond donors (Lipinski definition) is 1. The Labute approximate surface area is 63.4 Å². The van der Waals surface area contributed by atoms with Gasteiger partial charge in [-0.15, -0.1) is 12.4 Å². The Morgan fingerprint density at radius 2 is 2.00 bits per heavy atom. The monoisotopic (exact) mass is 175 g/mol. The summed E-state index contributed by atoms with van der Waals surface area (Å²) in [7, 11) is 0. The van der Waals surface area contributed by atoms with Crippen LogP contribution in [0.3, 0.4) is 0 Å². The van der Waals surface area contributed by atoms with Gasteiger partial charge < -0.3 is 5.32 Å². The highest BCUT2D eigenvalue weighted by molar-refractivity contribution is 5.85. The highest BCUT2D eigenvalue weighted by Gasteiger charge is 2.41. The van der Waals surface area contributed by atoms with E-state index in [1.165, 1.54) is 0 Å². The lowest BCUT2D eigenvalue weighted by Gasteiger charge is -2.25. The van der Waals surface area contributed by atoms with Crippen LogP contribution in [0.1, 0.15) is 6.42 Å². The zero-order valence-corrected chi connectivity index (χ0v) is 6.06. The molecule has 1 nitrogen and oxygen atoms in total. The molecule has 0 saturated carbocycles. The van der Waals surface area contributed by atoms with Gasteiger partial charge >= 0.3 is 0 Å². The maximum Gasteiger partial charge on any atom is 0.290 e. The molecule has 62 valence electrons. The van der Waals surface area contributed by atoms with Crippen molar-refractivity contribution in [1.29, 1.82) is 0 Å². The van der Waals surface area contributed by atoms with E-state index in [9.17, 15) is 13.2 Å². The molecule has 1 unspecified atom stereocenters. The molecule has 0 aliphatic carbocycles. The number of hydrogen-bond acceptors (Lipinski definition) is 1. The van der Waals surface area contributed by atoms with Crippen LogP contribution in [0, 0.1) is 0 Å². The third-order valence-electron chi connectivity index (χ3n) is 1.39. The molecule has 1 N–H and O–H groups in total. The fourth-order valence-corrected chi connectivity index (χ4v) is 0.806. The average molecular weight is 176 g/mol. The van der Waals surface area contributed by atoms with E-state index in [2.05, 4.69) is 5.32 Å². The molecule has 0 aromatic carbocycles. The van der Waals surface area contributed by atoms with Crippen LogP contribution in [0.2, 0.25) is 0 Å². The highest BCUT2D eigenvalue weighted by atomic mass is 35.5. The van der Waals surface area contributed by atoms with Gasteiger partial charge in [0.25, 0.3) is 5.92 Å². The van der Waals surface area contributed by atoms with Crippen molar-refractivity contribution in [3.05, 3.63) is 0 Å². The second-order valence-corrected chi connectivity index (χ2v) is 2.19. The topological polar surface area (TPSA) is 12.0 Å². The van der Waals surface area contributed by atoms with Gasteiger partial charge in [-0.25, -0.2) is 13.2 Å². The predicted octanol–water partition coefficient (Wildman–Crippen LogP) is 1.37. The van der Waals surface area contributed by atoms with Crippen LogP contribution in [0.25, 0.3) is 0 Å². The van der Waals surface area contributed by atoms with Crippen molar-refractivity contribution in [2.24, 2.45) is 0 Å². The summed E-state index contributed by atoms with van der Waals surface area (Å²) in [6, 6.07) is 0. The van der Waals surface area contributed by atoms with E-state index in [4.69, 9.17) is 0 Å². The van der Waals surface area contributed by atoms with E-state index in [1.54, 1.807) is 0 Å². The molecule has 1 rings (SSSR count). The van der Waals surface area contributed by atoms with Crippen molar-refractivity contribution in [2.75, 3.05) is 13.1 Å². The van der Waals surface area contributed by atoms with Crippen LogP contribution in [-0.4, -0.2) is 25.2 Å². The zero-order chi connectivity index (χ0) is 6.91. The molecular formula is C5H9ClF3N. The van der Waals surface area contributed by atoms with Gasteiger partial charge in [-0.05, 0) is 13.0 Å². The Bertz CT molecular complexity index is 109. The first-order valence-electron chi connectivity index (χ1n) is 2.85. The van der Waals surface area contributed by atoms with E-state index in [1.807, 2.05) is 0 Å². The van der Waals surface area contributed by atoms with Crippen molar-refractivity contribution < 1.29 is 13.2 Å². The first kappa shape index (κ1) is 10.0. The molecule has 1 atom stereocenters. The van der Waals surface area contributed by atoms with Crippen LogP contribution in [0.4, 0.5) is 13.2 Å². The molecule has 1 saturated heterocycles. The standard InChI is InChI=1S/C5H8F3N.ClH/c6-4-1-2-9-3-5(4,7)8;/h4,9H,1-3H2;1H. The zero-order valence-electron chi connectivity index (χ0n) is 5.24. The quantitative estimate of drug-likeness (QED) is 0.587. The van der Waals surface area contributed by atoms with Crippen molar-refractivity contribution in [2.45, 2.75) is 18.5 Å². The van der Waals surface area contributed by atoms with Gasteiger partial charge in [-0.3, -0.25) is 0 Å². The number of rotatable bonds is 0. The summed E-state index contributed by atoms with van der Waals surface area (Å²) in [5, 5.41) is 2.42. The predicted molar refractivity (Wildman–Crippen MR) is 34.6 cm³/mol. The van der Waals surface area contributed by atoms with Crippen LogP contribution in [0.5, 0.6) is 0 Å². The molecule has 0 amide bonds. The molecular weight excluding hydrogens is 167 g/mol. The van der Waals surface area contributed by atoms with E-state index in [-0.39, 0.29) is 18.8 Å². The van der Waals surface area contributed by atoms with Crippen LogP contribution < -0.4 is 5.32 Å². The Morgan fingerprint density at radius 3 is 2.30 bits per heavy atom. The first-order chi connectivity index (χ1) is 4.13. The Kier molecular flexibility index (Phi) is 3.45. The molecule has 1 fully saturated rings. The minimum absolute atomic E-state index is 0. The number of piperidine rings is 1. The minimum atomic E-state index is -3.14. The number of halogens is 4. The molecule has 1 heterocycles. The second kappa shape index (κ2) is 3.44. The van der Waals surface area contributed by atoms with Crippen LogP contribution in [0.15, 0.2) is 0 Å². The van der Waals surface area contributed by atoms with Gasteiger partial charge in [0, 0.05) is 0 Å². The molecule has 0 bridgehead atoms. The smallest absolute Gasteiger partial charge is 0.290 e. The van der Waals surface area contributed by atoms with Crippen LogP contribution >= 0.6 is 12.4 Å². The molecule has 5 heteroatoms.